The predicted molar refractivity (Wildman–Crippen MR) is 92.2 cm³/mol. The second-order valence-electron chi connectivity index (χ2n) is 5.60. The molecule has 1 atom stereocenters. The lowest BCUT2D eigenvalue weighted by atomic mass is 10.0. The Kier molecular flexibility index (Phi) is 6.16. The van der Waals surface area contributed by atoms with Gasteiger partial charge in [0.2, 0.25) is 11.9 Å². The highest BCUT2D eigenvalue weighted by Gasteiger charge is 2.24. The Morgan fingerprint density at radius 1 is 1.29 bits per heavy atom. The number of hydrogen-bond donors (Lipinski definition) is 3. The first-order chi connectivity index (χ1) is 11.4. The molecule has 0 unspecified atom stereocenters. The van der Waals surface area contributed by atoms with Crippen molar-refractivity contribution in [2.75, 3.05) is 5.32 Å². The zero-order chi connectivity index (χ0) is 17.7. The summed E-state index contributed by atoms with van der Waals surface area (Å²) in [6.45, 7) is 3.91. The fraction of sp³-hybridized carbons (Fsp3) is 0.333. The van der Waals surface area contributed by atoms with Crippen molar-refractivity contribution >= 4 is 41.0 Å². The van der Waals surface area contributed by atoms with Crippen LogP contribution in [0.1, 0.15) is 30.6 Å². The van der Waals surface area contributed by atoms with E-state index < -0.39 is 11.9 Å². The summed E-state index contributed by atoms with van der Waals surface area (Å²) in [6.07, 6.45) is 1.73. The fourth-order valence-corrected chi connectivity index (χ4v) is 2.58. The first kappa shape index (κ1) is 18.2. The number of H-pyrrole nitrogens is 1. The van der Waals surface area contributed by atoms with Gasteiger partial charge in [0.15, 0.2) is 0 Å². The highest BCUT2D eigenvalue weighted by Crippen LogP contribution is 2.21. The van der Waals surface area contributed by atoms with Crippen molar-refractivity contribution in [3.63, 3.8) is 0 Å². The second kappa shape index (κ2) is 8.12. The number of aromatic nitrogens is 3. The van der Waals surface area contributed by atoms with Gasteiger partial charge in [0.05, 0.1) is 10.6 Å². The maximum absolute atomic E-state index is 12.4. The SMILES string of the molecule is CC(C)C[C@@H](NC(=O)c1ccc(Cl)cc1Cl)C(=O)Nc1ncn[nH]1. The molecular weight excluding hydrogens is 353 g/mol. The number of aromatic amines is 1. The molecule has 2 aromatic rings. The minimum atomic E-state index is -0.741. The third kappa shape index (κ3) is 4.94. The van der Waals surface area contributed by atoms with Crippen molar-refractivity contribution in [2.24, 2.45) is 5.92 Å². The molecule has 2 rings (SSSR count). The van der Waals surface area contributed by atoms with Crippen LogP contribution >= 0.6 is 23.2 Å². The van der Waals surface area contributed by atoms with Crippen LogP contribution in [0.5, 0.6) is 0 Å². The van der Waals surface area contributed by atoms with Gasteiger partial charge in [-0.15, -0.1) is 0 Å². The molecule has 24 heavy (non-hydrogen) atoms. The van der Waals surface area contributed by atoms with E-state index in [0.717, 1.165) is 0 Å². The Morgan fingerprint density at radius 2 is 2.04 bits per heavy atom. The van der Waals surface area contributed by atoms with Gasteiger partial charge >= 0.3 is 0 Å². The minimum Gasteiger partial charge on any atom is -0.340 e. The molecule has 0 fully saturated rings. The summed E-state index contributed by atoms with van der Waals surface area (Å²) < 4.78 is 0. The number of nitrogens with one attached hydrogen (secondary N) is 3. The smallest absolute Gasteiger partial charge is 0.253 e. The van der Waals surface area contributed by atoms with E-state index in [-0.39, 0.29) is 28.4 Å². The summed E-state index contributed by atoms with van der Waals surface area (Å²) in [5.74, 6) is -0.432. The Morgan fingerprint density at radius 3 is 2.62 bits per heavy atom. The fourth-order valence-electron chi connectivity index (χ4n) is 2.08. The molecule has 0 spiro atoms. The zero-order valence-corrected chi connectivity index (χ0v) is 14.6. The molecule has 1 aromatic carbocycles. The molecule has 0 aliphatic heterocycles. The van der Waals surface area contributed by atoms with Crippen LogP contribution in [0, 0.1) is 5.92 Å². The average Bonchev–Trinajstić information content (AvgIpc) is 2.98. The molecule has 9 heteroatoms. The minimum absolute atomic E-state index is 0.191. The summed E-state index contributed by atoms with van der Waals surface area (Å²) in [5, 5.41) is 12.1. The maximum atomic E-state index is 12.4. The molecule has 1 aromatic heterocycles. The van der Waals surface area contributed by atoms with E-state index >= 15 is 0 Å². The van der Waals surface area contributed by atoms with Crippen LogP contribution in [-0.2, 0) is 4.79 Å². The molecular formula is C15H17Cl2N5O2. The van der Waals surface area contributed by atoms with Crippen molar-refractivity contribution in [1.82, 2.24) is 20.5 Å². The first-order valence-corrected chi connectivity index (χ1v) is 8.04. The number of carbonyl (C=O) groups excluding carboxylic acids is 2. The largest absolute Gasteiger partial charge is 0.340 e. The van der Waals surface area contributed by atoms with Gasteiger partial charge in [-0.05, 0) is 30.5 Å². The first-order valence-electron chi connectivity index (χ1n) is 7.29. The summed E-state index contributed by atoms with van der Waals surface area (Å²) in [6, 6.07) is 3.81. The second-order valence-corrected chi connectivity index (χ2v) is 6.45. The summed E-state index contributed by atoms with van der Waals surface area (Å²) >= 11 is 11.9. The number of amides is 2. The van der Waals surface area contributed by atoms with Crippen LogP contribution in [0.4, 0.5) is 5.95 Å². The van der Waals surface area contributed by atoms with Gasteiger partial charge in [-0.2, -0.15) is 10.1 Å². The topological polar surface area (TPSA) is 99.8 Å². The lowest BCUT2D eigenvalue weighted by Gasteiger charge is -2.19. The van der Waals surface area contributed by atoms with E-state index in [1.165, 1.54) is 18.5 Å². The number of hydrogen-bond acceptors (Lipinski definition) is 4. The molecule has 0 saturated heterocycles. The van der Waals surface area contributed by atoms with Gasteiger partial charge in [-0.1, -0.05) is 37.0 Å². The molecule has 0 saturated carbocycles. The van der Waals surface area contributed by atoms with E-state index in [4.69, 9.17) is 23.2 Å². The lowest BCUT2D eigenvalue weighted by Crippen LogP contribution is -2.44. The molecule has 0 aliphatic carbocycles. The highest BCUT2D eigenvalue weighted by atomic mass is 35.5. The van der Waals surface area contributed by atoms with Crippen molar-refractivity contribution in [3.8, 4) is 0 Å². The van der Waals surface area contributed by atoms with Gasteiger partial charge in [0.25, 0.3) is 5.91 Å². The molecule has 0 aliphatic rings. The molecule has 1 heterocycles. The third-order valence-corrected chi connectivity index (χ3v) is 3.71. The number of anilines is 1. The Balaban J connectivity index is 2.12. The van der Waals surface area contributed by atoms with Crippen LogP contribution in [0.2, 0.25) is 10.0 Å². The summed E-state index contributed by atoms with van der Waals surface area (Å²) in [4.78, 5) is 28.6. The third-order valence-electron chi connectivity index (χ3n) is 3.16. The zero-order valence-electron chi connectivity index (χ0n) is 13.1. The number of benzene rings is 1. The van der Waals surface area contributed by atoms with Crippen molar-refractivity contribution in [1.29, 1.82) is 0 Å². The van der Waals surface area contributed by atoms with Gasteiger partial charge in [0.1, 0.15) is 12.4 Å². The maximum Gasteiger partial charge on any atom is 0.253 e. The monoisotopic (exact) mass is 369 g/mol. The number of rotatable bonds is 6. The van der Waals surface area contributed by atoms with Gasteiger partial charge in [-0.3, -0.25) is 14.9 Å². The van der Waals surface area contributed by atoms with Gasteiger partial charge in [0, 0.05) is 5.02 Å². The van der Waals surface area contributed by atoms with Gasteiger partial charge in [-0.25, -0.2) is 5.10 Å². The highest BCUT2D eigenvalue weighted by molar-refractivity contribution is 6.36. The summed E-state index contributed by atoms with van der Waals surface area (Å²) in [7, 11) is 0. The predicted octanol–water partition coefficient (Wildman–Crippen LogP) is 2.89. The molecule has 0 radical (unpaired) electrons. The van der Waals surface area contributed by atoms with E-state index in [1.54, 1.807) is 6.07 Å². The number of carbonyl (C=O) groups is 2. The van der Waals surface area contributed by atoms with E-state index in [2.05, 4.69) is 25.8 Å². The molecule has 3 N–H and O–H groups in total. The van der Waals surface area contributed by atoms with Crippen LogP contribution in [0.25, 0.3) is 0 Å². The Hall–Kier alpha value is -2.12. The van der Waals surface area contributed by atoms with Crippen LogP contribution in [0.15, 0.2) is 24.5 Å². The molecule has 0 bridgehead atoms. The summed E-state index contributed by atoms with van der Waals surface area (Å²) in [5.41, 5.74) is 0.252. The van der Waals surface area contributed by atoms with Crippen molar-refractivity contribution in [2.45, 2.75) is 26.3 Å². The van der Waals surface area contributed by atoms with E-state index in [9.17, 15) is 9.59 Å². The molecule has 128 valence electrons. The normalized spacial score (nSPS) is 12.0. The number of nitrogens with zero attached hydrogens (tertiary/aromatic N) is 2. The Labute approximate surface area is 149 Å². The van der Waals surface area contributed by atoms with E-state index in [1.807, 2.05) is 13.8 Å². The van der Waals surface area contributed by atoms with Crippen LogP contribution in [-0.4, -0.2) is 33.0 Å². The Bertz CT molecular complexity index is 719. The molecule has 7 nitrogen and oxygen atoms in total. The number of halogens is 2. The molecule has 2 amide bonds. The van der Waals surface area contributed by atoms with Crippen molar-refractivity contribution in [3.05, 3.63) is 40.1 Å². The van der Waals surface area contributed by atoms with E-state index in [0.29, 0.717) is 11.4 Å². The lowest BCUT2D eigenvalue weighted by molar-refractivity contribution is -0.118. The van der Waals surface area contributed by atoms with Crippen LogP contribution < -0.4 is 10.6 Å². The van der Waals surface area contributed by atoms with Crippen molar-refractivity contribution < 1.29 is 9.59 Å². The van der Waals surface area contributed by atoms with Crippen LogP contribution in [0.3, 0.4) is 0 Å². The average molecular weight is 370 g/mol. The quantitative estimate of drug-likeness (QED) is 0.728. The standard InChI is InChI=1S/C15H17Cl2N5O2/c1-8(2)5-12(14(24)21-15-18-7-19-22-15)20-13(23)10-4-3-9(16)6-11(10)17/h3-4,6-8,12H,5H2,1-2H3,(H,20,23)(H2,18,19,21,22,24)/t12-/m1/s1. The van der Waals surface area contributed by atoms with Gasteiger partial charge < -0.3 is 5.32 Å².